The molecule has 0 aliphatic carbocycles. The van der Waals surface area contributed by atoms with Crippen LogP contribution in [0.5, 0.6) is 0 Å². The molecule has 0 radical (unpaired) electrons. The van der Waals surface area contributed by atoms with Gasteiger partial charge in [0, 0.05) is 11.3 Å². The number of esters is 1. The zero-order valence-corrected chi connectivity index (χ0v) is 15.3. The van der Waals surface area contributed by atoms with Crippen molar-refractivity contribution in [3.05, 3.63) is 58.1 Å². The molecule has 9 heteroatoms. The van der Waals surface area contributed by atoms with E-state index >= 15 is 0 Å². The zero-order valence-electron chi connectivity index (χ0n) is 13.0. The molecule has 6 nitrogen and oxygen atoms in total. The number of ether oxygens (including phenoxy) is 1. The van der Waals surface area contributed by atoms with Crippen molar-refractivity contribution < 1.29 is 22.7 Å². The summed E-state index contributed by atoms with van der Waals surface area (Å²) in [4.78, 5) is 23.8. The first-order valence-electron chi connectivity index (χ1n) is 6.89. The number of rotatable bonds is 5. The van der Waals surface area contributed by atoms with Crippen LogP contribution < -0.4 is 5.32 Å². The molecule has 1 amide bonds. The summed E-state index contributed by atoms with van der Waals surface area (Å²) in [7, 11) is -3.35. The van der Waals surface area contributed by atoms with Crippen LogP contribution in [0.15, 0.2) is 47.4 Å². The molecule has 2 rings (SSSR count). The largest absolute Gasteiger partial charge is 0.452 e. The van der Waals surface area contributed by atoms with Crippen molar-refractivity contribution in [3.8, 4) is 0 Å². The van der Waals surface area contributed by atoms with E-state index in [0.717, 1.165) is 6.26 Å². The molecule has 0 aromatic heterocycles. The fraction of sp³-hybridized carbons (Fsp3) is 0.125. The Balaban J connectivity index is 1.95. The number of carbonyl (C=O) groups excluding carboxylic acids is 2. The first-order valence-corrected chi connectivity index (χ1v) is 9.54. The van der Waals surface area contributed by atoms with E-state index < -0.39 is 28.3 Å². The lowest BCUT2D eigenvalue weighted by atomic mass is 10.2. The van der Waals surface area contributed by atoms with Crippen LogP contribution in [0.4, 0.5) is 5.69 Å². The van der Waals surface area contributed by atoms with Crippen LogP contribution in [0.3, 0.4) is 0 Å². The third-order valence-corrected chi connectivity index (χ3v) is 4.75. The first kappa shape index (κ1) is 19.2. The van der Waals surface area contributed by atoms with Gasteiger partial charge in [-0.05, 0) is 42.5 Å². The van der Waals surface area contributed by atoms with E-state index in [1.54, 1.807) is 6.07 Å². The van der Waals surface area contributed by atoms with Crippen molar-refractivity contribution in [2.24, 2.45) is 0 Å². The monoisotopic (exact) mass is 401 g/mol. The predicted octanol–water partition coefficient (Wildman–Crippen LogP) is 3.19. The molecule has 0 saturated heterocycles. The number of benzene rings is 2. The Bertz CT molecular complexity index is 911. The molecule has 132 valence electrons. The second-order valence-corrected chi connectivity index (χ2v) is 7.90. The van der Waals surface area contributed by atoms with Gasteiger partial charge in [0.15, 0.2) is 16.4 Å². The number of amides is 1. The van der Waals surface area contributed by atoms with Gasteiger partial charge in [0.2, 0.25) is 0 Å². The maximum atomic E-state index is 11.9. The normalized spacial score (nSPS) is 11.0. The quantitative estimate of drug-likeness (QED) is 0.776. The lowest BCUT2D eigenvalue weighted by Crippen LogP contribution is -2.21. The van der Waals surface area contributed by atoms with Crippen molar-refractivity contribution >= 4 is 50.6 Å². The Morgan fingerprint density at radius 1 is 1.08 bits per heavy atom. The molecule has 2 aromatic carbocycles. The van der Waals surface area contributed by atoms with Gasteiger partial charge in [-0.1, -0.05) is 23.2 Å². The summed E-state index contributed by atoms with van der Waals surface area (Å²) in [5.41, 5.74) is 0.425. The van der Waals surface area contributed by atoms with E-state index in [9.17, 15) is 18.0 Å². The van der Waals surface area contributed by atoms with Gasteiger partial charge >= 0.3 is 5.97 Å². The second-order valence-electron chi connectivity index (χ2n) is 5.05. The maximum Gasteiger partial charge on any atom is 0.338 e. The van der Waals surface area contributed by atoms with Gasteiger partial charge in [-0.3, -0.25) is 4.79 Å². The molecule has 25 heavy (non-hydrogen) atoms. The molecular weight excluding hydrogens is 389 g/mol. The minimum Gasteiger partial charge on any atom is -0.452 e. The SMILES string of the molecule is CS(=O)(=O)c1ccc(C(=O)OCC(=O)Nc2cc(Cl)ccc2Cl)cc1. The van der Waals surface area contributed by atoms with E-state index in [0.29, 0.717) is 15.7 Å². The number of anilines is 1. The Labute approximate surface area is 154 Å². The molecule has 0 unspecified atom stereocenters. The second kappa shape index (κ2) is 7.86. The Morgan fingerprint density at radius 3 is 2.32 bits per heavy atom. The zero-order chi connectivity index (χ0) is 18.6. The van der Waals surface area contributed by atoms with E-state index in [2.05, 4.69) is 5.32 Å². The highest BCUT2D eigenvalue weighted by Crippen LogP contribution is 2.25. The van der Waals surface area contributed by atoms with Gasteiger partial charge in [0.05, 0.1) is 21.2 Å². The van der Waals surface area contributed by atoms with E-state index in [4.69, 9.17) is 27.9 Å². The highest BCUT2D eigenvalue weighted by molar-refractivity contribution is 7.90. The molecule has 0 bridgehead atoms. The summed E-state index contributed by atoms with van der Waals surface area (Å²) < 4.78 is 27.6. The molecule has 0 aliphatic rings. The van der Waals surface area contributed by atoms with Crippen LogP contribution in [0.1, 0.15) is 10.4 Å². The van der Waals surface area contributed by atoms with Crippen molar-refractivity contribution in [1.82, 2.24) is 0 Å². The fourth-order valence-corrected chi connectivity index (χ4v) is 2.80. The summed E-state index contributed by atoms with van der Waals surface area (Å²) in [6.45, 7) is -0.532. The topological polar surface area (TPSA) is 89.5 Å². The van der Waals surface area contributed by atoms with Crippen molar-refractivity contribution in [2.45, 2.75) is 4.90 Å². The average molecular weight is 402 g/mol. The summed E-state index contributed by atoms with van der Waals surface area (Å²) in [5.74, 6) is -1.35. The fourth-order valence-electron chi connectivity index (χ4n) is 1.83. The lowest BCUT2D eigenvalue weighted by Gasteiger charge is -2.08. The first-order chi connectivity index (χ1) is 11.7. The third-order valence-electron chi connectivity index (χ3n) is 3.06. The van der Waals surface area contributed by atoms with Gasteiger partial charge in [-0.15, -0.1) is 0 Å². The minimum atomic E-state index is -3.35. The van der Waals surface area contributed by atoms with Gasteiger partial charge in [-0.25, -0.2) is 13.2 Å². The van der Waals surface area contributed by atoms with Crippen LogP contribution in [-0.2, 0) is 19.4 Å². The van der Waals surface area contributed by atoms with E-state index in [1.807, 2.05) is 0 Å². The van der Waals surface area contributed by atoms with Crippen LogP contribution in [0.2, 0.25) is 10.0 Å². The minimum absolute atomic E-state index is 0.0809. The number of hydrogen-bond acceptors (Lipinski definition) is 5. The number of hydrogen-bond donors (Lipinski definition) is 1. The number of nitrogens with one attached hydrogen (secondary N) is 1. The molecule has 0 heterocycles. The molecule has 0 spiro atoms. The maximum absolute atomic E-state index is 11.9. The number of halogens is 2. The van der Waals surface area contributed by atoms with Crippen molar-refractivity contribution in [3.63, 3.8) is 0 Å². The van der Waals surface area contributed by atoms with Gasteiger partial charge in [0.25, 0.3) is 5.91 Å². The molecule has 2 aromatic rings. The highest BCUT2D eigenvalue weighted by atomic mass is 35.5. The molecule has 1 N–H and O–H groups in total. The Morgan fingerprint density at radius 2 is 1.72 bits per heavy atom. The predicted molar refractivity (Wildman–Crippen MR) is 94.9 cm³/mol. The van der Waals surface area contributed by atoms with E-state index in [1.165, 1.54) is 36.4 Å². The van der Waals surface area contributed by atoms with Crippen LogP contribution >= 0.6 is 23.2 Å². The average Bonchev–Trinajstić information content (AvgIpc) is 2.55. The van der Waals surface area contributed by atoms with Crippen LogP contribution in [0, 0.1) is 0 Å². The molecular formula is C16H13Cl2NO5S. The smallest absolute Gasteiger partial charge is 0.338 e. The Kier molecular flexibility index (Phi) is 6.05. The molecule has 0 aliphatic heterocycles. The summed E-state index contributed by atoms with van der Waals surface area (Å²) in [6.07, 6.45) is 1.06. The molecule has 0 atom stereocenters. The van der Waals surface area contributed by atoms with Gasteiger partial charge < -0.3 is 10.1 Å². The Hall–Kier alpha value is -2.09. The lowest BCUT2D eigenvalue weighted by molar-refractivity contribution is -0.119. The van der Waals surface area contributed by atoms with Gasteiger partial charge in [-0.2, -0.15) is 0 Å². The number of sulfone groups is 1. The standard InChI is InChI=1S/C16H13Cl2NO5S/c1-25(22,23)12-5-2-10(3-6-12)16(21)24-9-15(20)19-14-8-11(17)4-7-13(14)18/h2-8H,9H2,1H3,(H,19,20). The van der Waals surface area contributed by atoms with Crippen molar-refractivity contribution in [1.29, 1.82) is 0 Å². The number of carbonyl (C=O) groups is 2. The van der Waals surface area contributed by atoms with Crippen molar-refractivity contribution in [2.75, 3.05) is 18.2 Å². The summed E-state index contributed by atoms with van der Waals surface area (Å²) >= 11 is 11.7. The van der Waals surface area contributed by atoms with E-state index in [-0.39, 0.29) is 10.5 Å². The van der Waals surface area contributed by atoms with Crippen LogP contribution in [-0.4, -0.2) is 33.2 Å². The molecule has 0 saturated carbocycles. The molecule has 0 fully saturated rings. The van der Waals surface area contributed by atoms with Crippen LogP contribution in [0.25, 0.3) is 0 Å². The summed E-state index contributed by atoms with van der Waals surface area (Å²) in [6, 6.07) is 9.76. The summed E-state index contributed by atoms with van der Waals surface area (Å²) in [5, 5.41) is 3.16. The van der Waals surface area contributed by atoms with Gasteiger partial charge in [0.1, 0.15) is 0 Å². The third kappa shape index (κ3) is 5.45. The highest BCUT2D eigenvalue weighted by Gasteiger charge is 2.13.